The molecule has 0 amide bonds. The van der Waals surface area contributed by atoms with Crippen molar-refractivity contribution in [3.8, 4) is 0 Å². The highest BCUT2D eigenvalue weighted by Gasteiger charge is 2.16. The number of rotatable bonds is 6. The Morgan fingerprint density at radius 3 is 2.47 bits per heavy atom. The lowest BCUT2D eigenvalue weighted by Crippen LogP contribution is -2.40. The zero-order valence-electron chi connectivity index (χ0n) is 9.87. The molecule has 0 radical (unpaired) electrons. The average molecular weight is 231 g/mol. The number of hydrogen-bond acceptors (Lipinski definition) is 3. The number of nitrogens with one attached hydrogen (secondary N) is 1. The van der Waals surface area contributed by atoms with Crippen molar-refractivity contribution in [3.63, 3.8) is 0 Å². The minimum Gasteiger partial charge on any atom is -0.396 e. The van der Waals surface area contributed by atoms with Gasteiger partial charge in [0.1, 0.15) is 0 Å². The molecular formula is C12H25NOS. The molecule has 0 aliphatic heterocycles. The third kappa shape index (κ3) is 5.79. The quantitative estimate of drug-likeness (QED) is 0.689. The van der Waals surface area contributed by atoms with Crippen molar-refractivity contribution in [2.24, 2.45) is 0 Å². The fraction of sp³-hybridized carbons (Fsp3) is 1.00. The predicted molar refractivity (Wildman–Crippen MR) is 68.5 cm³/mol. The van der Waals surface area contributed by atoms with Crippen LogP contribution in [0, 0.1) is 0 Å². The summed E-state index contributed by atoms with van der Waals surface area (Å²) in [5.74, 6) is 1.12. The second-order valence-corrected chi connectivity index (χ2v) is 5.43. The molecule has 90 valence electrons. The molecule has 1 fully saturated rings. The van der Waals surface area contributed by atoms with Crippen LogP contribution >= 0.6 is 11.8 Å². The van der Waals surface area contributed by atoms with Gasteiger partial charge in [-0.3, -0.25) is 0 Å². The fourth-order valence-corrected chi connectivity index (χ4v) is 3.02. The van der Waals surface area contributed by atoms with E-state index in [4.69, 9.17) is 5.11 Å². The van der Waals surface area contributed by atoms with Crippen LogP contribution in [0.2, 0.25) is 0 Å². The molecule has 0 aromatic carbocycles. The molecular weight excluding hydrogens is 206 g/mol. The van der Waals surface area contributed by atoms with Crippen molar-refractivity contribution >= 4 is 11.8 Å². The highest BCUT2D eigenvalue weighted by molar-refractivity contribution is 7.98. The van der Waals surface area contributed by atoms with E-state index in [-0.39, 0.29) is 0 Å². The highest BCUT2D eigenvalue weighted by atomic mass is 32.2. The summed E-state index contributed by atoms with van der Waals surface area (Å²) in [5, 5.41) is 12.7. The normalized spacial score (nSPS) is 21.2. The number of hydrogen-bond donors (Lipinski definition) is 2. The SMILES string of the molecule is CSCC(CCO)NC1CCCCCC1. The van der Waals surface area contributed by atoms with E-state index in [1.165, 1.54) is 38.5 Å². The second-order valence-electron chi connectivity index (χ2n) is 4.52. The van der Waals surface area contributed by atoms with Gasteiger partial charge in [-0.2, -0.15) is 11.8 Å². The number of aliphatic hydroxyl groups excluding tert-OH is 1. The van der Waals surface area contributed by atoms with Gasteiger partial charge in [-0.1, -0.05) is 25.7 Å². The Morgan fingerprint density at radius 1 is 1.27 bits per heavy atom. The summed E-state index contributed by atoms with van der Waals surface area (Å²) in [4.78, 5) is 0. The van der Waals surface area contributed by atoms with E-state index in [1.54, 1.807) is 0 Å². The number of thioether (sulfide) groups is 1. The monoisotopic (exact) mass is 231 g/mol. The first kappa shape index (κ1) is 13.3. The van der Waals surface area contributed by atoms with Crippen molar-refractivity contribution in [2.75, 3.05) is 18.6 Å². The Hall–Kier alpha value is 0.270. The summed E-state index contributed by atoms with van der Waals surface area (Å²) < 4.78 is 0. The van der Waals surface area contributed by atoms with Crippen LogP contribution in [0.5, 0.6) is 0 Å². The van der Waals surface area contributed by atoms with E-state index in [0.717, 1.165) is 12.2 Å². The molecule has 1 atom stereocenters. The van der Waals surface area contributed by atoms with Crippen molar-refractivity contribution in [1.29, 1.82) is 0 Å². The maximum absolute atomic E-state index is 9.00. The van der Waals surface area contributed by atoms with E-state index in [2.05, 4.69) is 11.6 Å². The molecule has 0 aromatic rings. The van der Waals surface area contributed by atoms with Crippen LogP contribution in [0.3, 0.4) is 0 Å². The number of aliphatic hydroxyl groups is 1. The molecule has 15 heavy (non-hydrogen) atoms. The van der Waals surface area contributed by atoms with Gasteiger partial charge in [0.2, 0.25) is 0 Å². The average Bonchev–Trinajstić information content (AvgIpc) is 2.47. The maximum atomic E-state index is 9.00. The Balaban J connectivity index is 2.27. The molecule has 1 rings (SSSR count). The van der Waals surface area contributed by atoms with E-state index >= 15 is 0 Å². The fourth-order valence-electron chi connectivity index (χ4n) is 2.35. The van der Waals surface area contributed by atoms with Crippen LogP contribution in [0.4, 0.5) is 0 Å². The summed E-state index contributed by atoms with van der Waals surface area (Å²) in [6.07, 6.45) is 11.3. The predicted octanol–water partition coefficient (Wildman–Crippen LogP) is 2.41. The van der Waals surface area contributed by atoms with Gasteiger partial charge in [-0.25, -0.2) is 0 Å². The van der Waals surface area contributed by atoms with Gasteiger partial charge in [0.05, 0.1) is 0 Å². The van der Waals surface area contributed by atoms with Gasteiger partial charge in [0.25, 0.3) is 0 Å². The Morgan fingerprint density at radius 2 is 1.93 bits per heavy atom. The molecule has 0 heterocycles. The standard InChI is InChI=1S/C12H25NOS/c1-15-10-12(8-9-14)13-11-6-4-2-3-5-7-11/h11-14H,2-10H2,1H3. The molecule has 0 saturated heterocycles. The molecule has 0 aromatic heterocycles. The third-order valence-electron chi connectivity index (χ3n) is 3.17. The molecule has 3 heteroatoms. The molecule has 1 aliphatic carbocycles. The molecule has 2 N–H and O–H groups in total. The van der Waals surface area contributed by atoms with E-state index in [0.29, 0.717) is 18.7 Å². The van der Waals surface area contributed by atoms with Gasteiger partial charge in [0, 0.05) is 24.4 Å². The van der Waals surface area contributed by atoms with Gasteiger partial charge >= 0.3 is 0 Å². The van der Waals surface area contributed by atoms with Crippen molar-refractivity contribution in [2.45, 2.75) is 57.0 Å². The molecule has 0 bridgehead atoms. The lowest BCUT2D eigenvalue weighted by atomic mass is 10.1. The lowest BCUT2D eigenvalue weighted by molar-refractivity contribution is 0.261. The first-order valence-corrected chi connectivity index (χ1v) is 7.62. The zero-order chi connectivity index (χ0) is 10.9. The first-order valence-electron chi connectivity index (χ1n) is 6.22. The summed E-state index contributed by atoms with van der Waals surface area (Å²) in [6.45, 7) is 0.310. The third-order valence-corrected chi connectivity index (χ3v) is 3.91. The summed E-state index contributed by atoms with van der Waals surface area (Å²) >= 11 is 1.87. The lowest BCUT2D eigenvalue weighted by Gasteiger charge is -2.24. The summed E-state index contributed by atoms with van der Waals surface area (Å²) in [5.41, 5.74) is 0. The Kier molecular flexibility index (Phi) is 7.49. The van der Waals surface area contributed by atoms with Gasteiger partial charge in [-0.05, 0) is 25.5 Å². The van der Waals surface area contributed by atoms with Crippen LogP contribution in [0.15, 0.2) is 0 Å². The summed E-state index contributed by atoms with van der Waals surface area (Å²) in [7, 11) is 0. The van der Waals surface area contributed by atoms with Crippen molar-refractivity contribution < 1.29 is 5.11 Å². The highest BCUT2D eigenvalue weighted by Crippen LogP contribution is 2.18. The van der Waals surface area contributed by atoms with E-state index in [9.17, 15) is 0 Å². The van der Waals surface area contributed by atoms with Crippen LogP contribution in [-0.4, -0.2) is 35.8 Å². The molecule has 2 nitrogen and oxygen atoms in total. The Bertz CT molecular complexity index is 141. The minimum atomic E-state index is 0.310. The smallest absolute Gasteiger partial charge is 0.0446 e. The molecule has 1 saturated carbocycles. The Labute approximate surface area is 98.2 Å². The zero-order valence-corrected chi connectivity index (χ0v) is 10.7. The minimum absolute atomic E-state index is 0.310. The largest absolute Gasteiger partial charge is 0.396 e. The van der Waals surface area contributed by atoms with Crippen molar-refractivity contribution in [3.05, 3.63) is 0 Å². The van der Waals surface area contributed by atoms with Gasteiger partial charge in [-0.15, -0.1) is 0 Å². The maximum Gasteiger partial charge on any atom is 0.0446 e. The van der Waals surface area contributed by atoms with Crippen LogP contribution in [-0.2, 0) is 0 Å². The van der Waals surface area contributed by atoms with Crippen LogP contribution in [0.1, 0.15) is 44.9 Å². The molecule has 0 spiro atoms. The molecule has 1 aliphatic rings. The topological polar surface area (TPSA) is 32.3 Å². The van der Waals surface area contributed by atoms with E-state index in [1.807, 2.05) is 11.8 Å². The van der Waals surface area contributed by atoms with Crippen LogP contribution < -0.4 is 5.32 Å². The second kappa shape index (κ2) is 8.43. The van der Waals surface area contributed by atoms with Gasteiger partial charge < -0.3 is 10.4 Å². The van der Waals surface area contributed by atoms with Crippen molar-refractivity contribution in [1.82, 2.24) is 5.32 Å². The summed E-state index contributed by atoms with van der Waals surface area (Å²) in [6, 6.07) is 1.21. The van der Waals surface area contributed by atoms with Gasteiger partial charge in [0.15, 0.2) is 0 Å². The molecule has 1 unspecified atom stereocenters. The van der Waals surface area contributed by atoms with Crippen LogP contribution in [0.25, 0.3) is 0 Å². The first-order chi connectivity index (χ1) is 7.36. The van der Waals surface area contributed by atoms with E-state index < -0.39 is 0 Å².